The summed E-state index contributed by atoms with van der Waals surface area (Å²) in [7, 11) is -4.14. The second-order valence-electron chi connectivity index (χ2n) is 7.63. The van der Waals surface area contributed by atoms with Crippen molar-refractivity contribution in [2.24, 2.45) is 5.14 Å². The number of fused-ring (bicyclic) bond motifs is 3. The fourth-order valence-electron chi connectivity index (χ4n) is 4.27. The first-order valence-corrected chi connectivity index (χ1v) is 10.1. The van der Waals surface area contributed by atoms with Crippen molar-refractivity contribution >= 4 is 10.3 Å². The Morgan fingerprint density at radius 2 is 1.84 bits per heavy atom. The molecular formula is C15H25NO8S. The number of hydrogen-bond donors (Lipinski definition) is 1. The van der Waals surface area contributed by atoms with E-state index >= 15 is 0 Å². The summed E-state index contributed by atoms with van der Waals surface area (Å²) in [6.45, 7) is 3.26. The molecule has 3 heterocycles. The third kappa shape index (κ3) is 3.34. The number of nitrogens with two attached hydrogens (primary N) is 1. The predicted octanol–water partition coefficient (Wildman–Crippen LogP) is 0.529. The van der Waals surface area contributed by atoms with Gasteiger partial charge in [0.1, 0.15) is 24.9 Å². The zero-order chi connectivity index (χ0) is 17.9. The standard InChI is InChI=1S/C15H25NO8S/c1-13(2)23-12-11-10(21-14(22-11)6-4-3-5-7-14)8-19-15(12,24-13)9-20-25(16,17)18/h10-12H,3-9H2,1-2H3,(H2,16,17,18)/t10-,11?,12?,15+/m1/s1. The van der Waals surface area contributed by atoms with Gasteiger partial charge < -0.3 is 23.7 Å². The van der Waals surface area contributed by atoms with E-state index in [0.717, 1.165) is 25.7 Å². The smallest absolute Gasteiger partial charge is 0.333 e. The van der Waals surface area contributed by atoms with E-state index in [0.29, 0.717) is 0 Å². The topological polar surface area (TPSA) is 116 Å². The maximum atomic E-state index is 11.2. The average molecular weight is 379 g/mol. The summed E-state index contributed by atoms with van der Waals surface area (Å²) >= 11 is 0. The summed E-state index contributed by atoms with van der Waals surface area (Å²) in [5, 5.41) is 4.96. The molecule has 0 aromatic heterocycles. The number of ether oxygens (including phenoxy) is 5. The second kappa shape index (κ2) is 5.83. The SMILES string of the molecule is CC1(C)OC2C3OC4(CCCCC4)O[C@@H]3CO[C@@]2(COS(N)(=O)=O)O1. The van der Waals surface area contributed by atoms with Crippen LogP contribution in [0.2, 0.25) is 0 Å². The van der Waals surface area contributed by atoms with E-state index in [1.165, 1.54) is 6.42 Å². The molecular weight excluding hydrogens is 354 g/mol. The van der Waals surface area contributed by atoms with E-state index in [-0.39, 0.29) is 12.7 Å². The van der Waals surface area contributed by atoms with E-state index < -0.39 is 46.5 Å². The second-order valence-corrected chi connectivity index (χ2v) is 8.85. The van der Waals surface area contributed by atoms with Crippen LogP contribution in [0.3, 0.4) is 0 Å². The van der Waals surface area contributed by atoms with Crippen molar-refractivity contribution in [3.05, 3.63) is 0 Å². The average Bonchev–Trinajstić information content (AvgIpc) is 2.99. The van der Waals surface area contributed by atoms with Crippen LogP contribution in [0.25, 0.3) is 0 Å². The molecule has 0 amide bonds. The molecule has 25 heavy (non-hydrogen) atoms. The van der Waals surface area contributed by atoms with Gasteiger partial charge in [-0.15, -0.1) is 0 Å². The normalized spacial score (nSPS) is 42.3. The van der Waals surface area contributed by atoms with Crippen LogP contribution in [0.1, 0.15) is 46.0 Å². The van der Waals surface area contributed by atoms with Crippen molar-refractivity contribution < 1.29 is 36.3 Å². The molecule has 4 atom stereocenters. The minimum absolute atomic E-state index is 0.205. The molecule has 3 saturated heterocycles. The van der Waals surface area contributed by atoms with Crippen LogP contribution in [0, 0.1) is 0 Å². The monoisotopic (exact) mass is 379 g/mol. The quantitative estimate of drug-likeness (QED) is 0.755. The lowest BCUT2D eigenvalue weighted by molar-refractivity contribution is -0.290. The molecule has 1 saturated carbocycles. The molecule has 10 heteroatoms. The van der Waals surface area contributed by atoms with Crippen LogP contribution in [-0.4, -0.2) is 57.3 Å². The molecule has 4 fully saturated rings. The first-order chi connectivity index (χ1) is 11.6. The first-order valence-electron chi connectivity index (χ1n) is 8.67. The Morgan fingerprint density at radius 3 is 2.52 bits per heavy atom. The van der Waals surface area contributed by atoms with Crippen molar-refractivity contribution in [2.75, 3.05) is 13.2 Å². The van der Waals surface area contributed by atoms with Gasteiger partial charge in [0, 0.05) is 12.8 Å². The molecule has 4 aliphatic rings. The van der Waals surface area contributed by atoms with E-state index in [4.69, 9.17) is 33.0 Å². The van der Waals surface area contributed by atoms with Crippen LogP contribution in [0.4, 0.5) is 0 Å². The highest BCUT2D eigenvalue weighted by Crippen LogP contribution is 2.50. The van der Waals surface area contributed by atoms with Crippen molar-refractivity contribution in [3.63, 3.8) is 0 Å². The highest BCUT2D eigenvalue weighted by molar-refractivity contribution is 7.84. The highest BCUT2D eigenvalue weighted by atomic mass is 32.2. The largest absolute Gasteiger partial charge is 0.343 e. The molecule has 0 bridgehead atoms. The van der Waals surface area contributed by atoms with Gasteiger partial charge in [-0.2, -0.15) is 8.42 Å². The molecule has 0 aromatic rings. The minimum Gasteiger partial charge on any atom is -0.343 e. The summed E-state index contributed by atoms with van der Waals surface area (Å²) in [5.41, 5.74) is 0. The molecule has 4 rings (SSSR count). The molecule has 1 aliphatic carbocycles. The number of hydrogen-bond acceptors (Lipinski definition) is 8. The van der Waals surface area contributed by atoms with Gasteiger partial charge in [-0.05, 0) is 26.7 Å². The van der Waals surface area contributed by atoms with E-state index in [9.17, 15) is 8.42 Å². The lowest BCUT2D eigenvalue weighted by Crippen LogP contribution is -2.60. The summed E-state index contributed by atoms with van der Waals surface area (Å²) in [5.74, 6) is -2.99. The summed E-state index contributed by atoms with van der Waals surface area (Å²) < 4.78 is 57.5. The van der Waals surface area contributed by atoms with E-state index in [1.807, 2.05) is 0 Å². The fourth-order valence-corrected chi connectivity index (χ4v) is 4.60. The Balaban J connectivity index is 1.59. The zero-order valence-corrected chi connectivity index (χ0v) is 15.2. The van der Waals surface area contributed by atoms with Gasteiger partial charge >= 0.3 is 10.3 Å². The molecule has 144 valence electrons. The Hall–Kier alpha value is -0.330. The molecule has 9 nitrogen and oxygen atoms in total. The van der Waals surface area contributed by atoms with Gasteiger partial charge in [-0.1, -0.05) is 6.42 Å². The van der Waals surface area contributed by atoms with Crippen LogP contribution in [-0.2, 0) is 38.2 Å². The van der Waals surface area contributed by atoms with Gasteiger partial charge in [0.25, 0.3) is 0 Å². The van der Waals surface area contributed by atoms with Gasteiger partial charge in [0.15, 0.2) is 11.6 Å². The van der Waals surface area contributed by atoms with Crippen LogP contribution < -0.4 is 5.14 Å². The fraction of sp³-hybridized carbons (Fsp3) is 1.00. The predicted molar refractivity (Wildman–Crippen MR) is 83.3 cm³/mol. The first kappa shape index (κ1) is 18.1. The molecule has 2 N–H and O–H groups in total. The van der Waals surface area contributed by atoms with Crippen LogP contribution in [0.5, 0.6) is 0 Å². The Morgan fingerprint density at radius 1 is 1.12 bits per heavy atom. The van der Waals surface area contributed by atoms with Crippen molar-refractivity contribution in [1.29, 1.82) is 0 Å². The van der Waals surface area contributed by atoms with Crippen LogP contribution >= 0.6 is 0 Å². The molecule has 3 aliphatic heterocycles. The van der Waals surface area contributed by atoms with Gasteiger partial charge in [0.2, 0.25) is 5.79 Å². The number of rotatable bonds is 3. The third-order valence-electron chi connectivity index (χ3n) is 5.18. The lowest BCUT2D eigenvalue weighted by Gasteiger charge is -2.40. The van der Waals surface area contributed by atoms with Gasteiger partial charge in [0.05, 0.1) is 6.61 Å². The third-order valence-corrected chi connectivity index (χ3v) is 5.62. The van der Waals surface area contributed by atoms with Crippen molar-refractivity contribution in [1.82, 2.24) is 0 Å². The van der Waals surface area contributed by atoms with Crippen molar-refractivity contribution in [3.8, 4) is 0 Å². The Bertz CT molecular complexity index is 631. The molecule has 0 aromatic carbocycles. The summed E-state index contributed by atoms with van der Waals surface area (Å²) in [4.78, 5) is 0. The van der Waals surface area contributed by atoms with Crippen LogP contribution in [0.15, 0.2) is 0 Å². The summed E-state index contributed by atoms with van der Waals surface area (Å²) in [6, 6.07) is 0. The minimum atomic E-state index is -4.14. The summed E-state index contributed by atoms with van der Waals surface area (Å²) in [6.07, 6.45) is 3.55. The lowest BCUT2D eigenvalue weighted by atomic mass is 9.94. The van der Waals surface area contributed by atoms with E-state index in [1.54, 1.807) is 13.8 Å². The zero-order valence-electron chi connectivity index (χ0n) is 14.4. The molecule has 0 radical (unpaired) electrons. The maximum Gasteiger partial charge on any atom is 0.333 e. The Kier molecular flexibility index (Phi) is 4.21. The maximum absolute atomic E-state index is 11.2. The van der Waals surface area contributed by atoms with Gasteiger partial charge in [-0.3, -0.25) is 4.18 Å². The van der Waals surface area contributed by atoms with E-state index in [2.05, 4.69) is 0 Å². The van der Waals surface area contributed by atoms with Gasteiger partial charge in [-0.25, -0.2) is 5.14 Å². The molecule has 2 unspecified atom stereocenters. The molecule has 1 spiro atoms. The highest BCUT2D eigenvalue weighted by Gasteiger charge is 2.66. The Labute approximate surface area is 147 Å². The van der Waals surface area contributed by atoms with Crippen molar-refractivity contribution in [2.45, 2.75) is 81.6 Å².